The molecule has 0 aromatic carbocycles. The van der Waals surface area contributed by atoms with Crippen LogP contribution in [0.4, 0.5) is 0 Å². The van der Waals surface area contributed by atoms with Gasteiger partial charge in [-0.15, -0.1) is 0 Å². The summed E-state index contributed by atoms with van der Waals surface area (Å²) in [5.41, 5.74) is 0.868. The SMILES string of the molecule is CCC1CCCCC12CCC2. The van der Waals surface area contributed by atoms with Gasteiger partial charge in [-0.3, -0.25) is 0 Å². The Balaban J connectivity index is 2.02. The Morgan fingerprint density at radius 3 is 2.27 bits per heavy atom. The zero-order valence-electron chi connectivity index (χ0n) is 7.73. The highest BCUT2D eigenvalue weighted by molar-refractivity contribution is 4.94. The van der Waals surface area contributed by atoms with Gasteiger partial charge >= 0.3 is 0 Å². The lowest BCUT2D eigenvalue weighted by atomic mass is 9.55. The summed E-state index contributed by atoms with van der Waals surface area (Å²) < 4.78 is 0. The molecule has 64 valence electrons. The van der Waals surface area contributed by atoms with Gasteiger partial charge in [-0.05, 0) is 37.0 Å². The molecule has 2 fully saturated rings. The molecule has 1 unspecified atom stereocenters. The molecule has 2 rings (SSSR count). The van der Waals surface area contributed by atoms with Crippen LogP contribution in [0.5, 0.6) is 0 Å². The molecule has 2 saturated carbocycles. The van der Waals surface area contributed by atoms with E-state index in [2.05, 4.69) is 6.92 Å². The highest BCUT2D eigenvalue weighted by Crippen LogP contribution is 2.55. The maximum Gasteiger partial charge on any atom is -0.0269 e. The van der Waals surface area contributed by atoms with Crippen LogP contribution in [-0.2, 0) is 0 Å². The second-order valence-electron chi connectivity index (χ2n) is 4.57. The molecule has 0 aliphatic heterocycles. The molecule has 1 atom stereocenters. The quantitative estimate of drug-likeness (QED) is 0.536. The van der Waals surface area contributed by atoms with Gasteiger partial charge in [0, 0.05) is 0 Å². The second-order valence-corrected chi connectivity index (χ2v) is 4.57. The lowest BCUT2D eigenvalue weighted by Gasteiger charge is -2.51. The largest absolute Gasteiger partial charge is 0.0651 e. The maximum atomic E-state index is 2.38. The Labute approximate surface area is 70.4 Å². The van der Waals surface area contributed by atoms with Crippen LogP contribution in [0.2, 0.25) is 0 Å². The normalized spacial score (nSPS) is 35.2. The van der Waals surface area contributed by atoms with Crippen molar-refractivity contribution in [3.8, 4) is 0 Å². The summed E-state index contributed by atoms with van der Waals surface area (Å²) in [4.78, 5) is 0. The molecule has 11 heavy (non-hydrogen) atoms. The molecule has 0 heteroatoms. The molecule has 0 saturated heterocycles. The van der Waals surface area contributed by atoms with E-state index in [1.54, 1.807) is 19.3 Å². The molecule has 0 aromatic rings. The van der Waals surface area contributed by atoms with Crippen LogP contribution in [-0.4, -0.2) is 0 Å². The van der Waals surface area contributed by atoms with Crippen molar-refractivity contribution in [2.45, 2.75) is 58.3 Å². The molecule has 0 heterocycles. The number of rotatable bonds is 1. The summed E-state index contributed by atoms with van der Waals surface area (Å²) >= 11 is 0. The summed E-state index contributed by atoms with van der Waals surface area (Å²) in [5.74, 6) is 1.10. The predicted octanol–water partition coefficient (Wildman–Crippen LogP) is 3.76. The van der Waals surface area contributed by atoms with Gasteiger partial charge in [0.15, 0.2) is 0 Å². The minimum Gasteiger partial charge on any atom is -0.0651 e. The van der Waals surface area contributed by atoms with E-state index in [0.29, 0.717) is 0 Å². The minimum atomic E-state index is 0.868. The van der Waals surface area contributed by atoms with Crippen LogP contribution in [0.1, 0.15) is 58.3 Å². The molecule has 0 N–H and O–H groups in total. The van der Waals surface area contributed by atoms with Gasteiger partial charge in [0.1, 0.15) is 0 Å². The van der Waals surface area contributed by atoms with Gasteiger partial charge in [0.05, 0.1) is 0 Å². The lowest BCUT2D eigenvalue weighted by Crippen LogP contribution is -2.39. The van der Waals surface area contributed by atoms with E-state index >= 15 is 0 Å². The van der Waals surface area contributed by atoms with E-state index in [4.69, 9.17) is 0 Å². The summed E-state index contributed by atoms with van der Waals surface area (Å²) in [5, 5.41) is 0. The molecule has 0 bridgehead atoms. The van der Waals surface area contributed by atoms with Gasteiger partial charge < -0.3 is 0 Å². The zero-order valence-corrected chi connectivity index (χ0v) is 7.73. The first kappa shape index (κ1) is 7.64. The average Bonchev–Trinajstić information content (AvgIpc) is 2.01. The van der Waals surface area contributed by atoms with Crippen LogP contribution in [0, 0.1) is 11.3 Å². The summed E-state index contributed by atoms with van der Waals surface area (Å²) in [6, 6.07) is 0. The topological polar surface area (TPSA) is 0 Å². The Bertz CT molecular complexity index is 133. The Kier molecular flexibility index (Phi) is 1.95. The molecule has 0 aromatic heterocycles. The van der Waals surface area contributed by atoms with Crippen LogP contribution < -0.4 is 0 Å². The minimum absolute atomic E-state index is 0.868. The predicted molar refractivity (Wildman–Crippen MR) is 48.5 cm³/mol. The Hall–Kier alpha value is 0. The monoisotopic (exact) mass is 152 g/mol. The van der Waals surface area contributed by atoms with Crippen molar-refractivity contribution in [2.24, 2.45) is 11.3 Å². The van der Waals surface area contributed by atoms with E-state index < -0.39 is 0 Å². The fourth-order valence-electron chi connectivity index (χ4n) is 3.30. The van der Waals surface area contributed by atoms with Gasteiger partial charge in [-0.1, -0.05) is 32.6 Å². The van der Waals surface area contributed by atoms with Crippen LogP contribution in [0.15, 0.2) is 0 Å². The van der Waals surface area contributed by atoms with Gasteiger partial charge in [-0.2, -0.15) is 0 Å². The van der Waals surface area contributed by atoms with Crippen molar-refractivity contribution in [3.63, 3.8) is 0 Å². The molecule has 2 aliphatic rings. The van der Waals surface area contributed by atoms with Crippen molar-refractivity contribution in [3.05, 3.63) is 0 Å². The van der Waals surface area contributed by atoms with E-state index in [1.807, 2.05) is 0 Å². The highest BCUT2D eigenvalue weighted by atomic mass is 14.5. The molecule has 0 amide bonds. The molecule has 0 nitrogen and oxygen atoms in total. The second kappa shape index (κ2) is 2.80. The van der Waals surface area contributed by atoms with E-state index in [0.717, 1.165) is 11.3 Å². The zero-order chi connectivity index (χ0) is 7.73. The molecule has 2 aliphatic carbocycles. The molecular formula is C11H20. The smallest absolute Gasteiger partial charge is 0.0269 e. The molecular weight excluding hydrogens is 132 g/mol. The van der Waals surface area contributed by atoms with Crippen molar-refractivity contribution in [1.29, 1.82) is 0 Å². The van der Waals surface area contributed by atoms with E-state index in [9.17, 15) is 0 Å². The maximum absolute atomic E-state index is 2.38. The molecule has 1 spiro atoms. The molecule has 0 radical (unpaired) electrons. The van der Waals surface area contributed by atoms with E-state index in [-0.39, 0.29) is 0 Å². The lowest BCUT2D eigenvalue weighted by molar-refractivity contribution is 0.00507. The first-order valence-corrected chi connectivity index (χ1v) is 5.37. The third-order valence-corrected chi connectivity index (χ3v) is 4.19. The summed E-state index contributed by atoms with van der Waals surface area (Å²) in [7, 11) is 0. The highest BCUT2D eigenvalue weighted by Gasteiger charge is 2.43. The van der Waals surface area contributed by atoms with Crippen LogP contribution >= 0.6 is 0 Å². The van der Waals surface area contributed by atoms with E-state index in [1.165, 1.54) is 32.1 Å². The summed E-state index contributed by atoms with van der Waals surface area (Å²) in [6.07, 6.45) is 12.2. The fraction of sp³-hybridized carbons (Fsp3) is 1.00. The third kappa shape index (κ3) is 1.11. The van der Waals surface area contributed by atoms with Crippen molar-refractivity contribution < 1.29 is 0 Å². The van der Waals surface area contributed by atoms with Crippen LogP contribution in [0.3, 0.4) is 0 Å². The average molecular weight is 152 g/mol. The Morgan fingerprint density at radius 1 is 1.09 bits per heavy atom. The van der Waals surface area contributed by atoms with Crippen molar-refractivity contribution >= 4 is 0 Å². The number of hydrogen-bond acceptors (Lipinski definition) is 0. The summed E-state index contributed by atoms with van der Waals surface area (Å²) in [6.45, 7) is 2.38. The fourth-order valence-corrected chi connectivity index (χ4v) is 3.30. The van der Waals surface area contributed by atoms with Crippen molar-refractivity contribution in [2.75, 3.05) is 0 Å². The standard InChI is InChI=1S/C11H20/c1-2-10-6-3-4-7-11(10)8-5-9-11/h10H,2-9H2,1H3. The number of hydrogen-bond donors (Lipinski definition) is 0. The first-order chi connectivity index (χ1) is 5.37. The van der Waals surface area contributed by atoms with Gasteiger partial charge in [0.25, 0.3) is 0 Å². The van der Waals surface area contributed by atoms with Crippen LogP contribution in [0.25, 0.3) is 0 Å². The Morgan fingerprint density at radius 2 is 1.82 bits per heavy atom. The third-order valence-electron chi connectivity index (χ3n) is 4.19. The van der Waals surface area contributed by atoms with Crippen molar-refractivity contribution in [1.82, 2.24) is 0 Å². The first-order valence-electron chi connectivity index (χ1n) is 5.37. The van der Waals surface area contributed by atoms with Gasteiger partial charge in [-0.25, -0.2) is 0 Å². The van der Waals surface area contributed by atoms with Gasteiger partial charge in [0.2, 0.25) is 0 Å².